The second-order valence-corrected chi connectivity index (χ2v) is 4.26. The Hall–Kier alpha value is -0.300. The van der Waals surface area contributed by atoms with Crippen molar-refractivity contribution < 1.29 is 4.74 Å². The highest BCUT2D eigenvalue weighted by atomic mass is 16.5. The highest BCUT2D eigenvalue weighted by Crippen LogP contribution is 2.39. The lowest BCUT2D eigenvalue weighted by atomic mass is 9.72. The van der Waals surface area contributed by atoms with Gasteiger partial charge in [-0.3, -0.25) is 0 Å². The fraction of sp³-hybridized carbons (Fsp3) is 0.818. The summed E-state index contributed by atoms with van der Waals surface area (Å²) < 4.78 is 5.16. The van der Waals surface area contributed by atoms with Crippen molar-refractivity contribution in [2.24, 2.45) is 11.3 Å². The molecule has 0 aromatic heterocycles. The van der Waals surface area contributed by atoms with Crippen LogP contribution >= 0.6 is 0 Å². The first-order valence-electron chi connectivity index (χ1n) is 4.83. The van der Waals surface area contributed by atoms with Gasteiger partial charge in [-0.2, -0.15) is 0 Å². The van der Waals surface area contributed by atoms with E-state index in [0.717, 1.165) is 12.5 Å². The molecule has 0 atom stereocenters. The van der Waals surface area contributed by atoms with E-state index >= 15 is 0 Å². The van der Waals surface area contributed by atoms with Crippen molar-refractivity contribution in [3.8, 4) is 0 Å². The van der Waals surface area contributed by atoms with Crippen molar-refractivity contribution >= 4 is 0 Å². The molecule has 12 heavy (non-hydrogen) atoms. The second kappa shape index (κ2) is 4.08. The summed E-state index contributed by atoms with van der Waals surface area (Å²) in [6.45, 7) is 7.14. The van der Waals surface area contributed by atoms with E-state index in [9.17, 15) is 0 Å². The Balaban J connectivity index is 2.33. The molecule has 0 radical (unpaired) electrons. The quantitative estimate of drug-likeness (QED) is 0.589. The van der Waals surface area contributed by atoms with Crippen LogP contribution in [0.5, 0.6) is 0 Å². The van der Waals surface area contributed by atoms with Gasteiger partial charge in [-0.15, -0.1) is 6.58 Å². The maximum Gasteiger partial charge on any atom is 0.0490 e. The van der Waals surface area contributed by atoms with Crippen molar-refractivity contribution in [1.29, 1.82) is 0 Å². The molecule has 70 valence electrons. The van der Waals surface area contributed by atoms with Crippen molar-refractivity contribution in [3.05, 3.63) is 12.7 Å². The first-order chi connectivity index (χ1) is 5.70. The van der Waals surface area contributed by atoms with E-state index in [2.05, 4.69) is 19.6 Å². The summed E-state index contributed by atoms with van der Waals surface area (Å²) in [5.74, 6) is 0.794. The van der Waals surface area contributed by atoms with Crippen LogP contribution in [0.15, 0.2) is 12.7 Å². The molecule has 0 amide bonds. The van der Waals surface area contributed by atoms with Crippen LogP contribution in [-0.4, -0.2) is 13.7 Å². The molecule has 1 nitrogen and oxygen atoms in total. The largest absolute Gasteiger partial charge is 0.384 e. The molecule has 0 aromatic carbocycles. The minimum Gasteiger partial charge on any atom is -0.384 e. The maximum atomic E-state index is 5.16. The molecule has 0 bridgehead atoms. The predicted octanol–water partition coefficient (Wildman–Crippen LogP) is 3.02. The van der Waals surface area contributed by atoms with Crippen LogP contribution in [-0.2, 0) is 4.74 Å². The summed E-state index contributed by atoms with van der Waals surface area (Å²) in [7, 11) is 1.79. The Morgan fingerprint density at radius 2 is 2.08 bits per heavy atom. The minimum atomic E-state index is 0.407. The first-order valence-corrected chi connectivity index (χ1v) is 4.83. The van der Waals surface area contributed by atoms with E-state index in [1.807, 2.05) is 0 Å². The van der Waals surface area contributed by atoms with E-state index in [-0.39, 0.29) is 0 Å². The van der Waals surface area contributed by atoms with Gasteiger partial charge in [0.25, 0.3) is 0 Å². The topological polar surface area (TPSA) is 9.23 Å². The first kappa shape index (κ1) is 9.79. The normalized spacial score (nSPS) is 36.3. The molecular formula is C11H20O. The van der Waals surface area contributed by atoms with Gasteiger partial charge in [0, 0.05) is 13.7 Å². The molecule has 0 saturated heterocycles. The zero-order valence-electron chi connectivity index (χ0n) is 8.31. The van der Waals surface area contributed by atoms with Gasteiger partial charge in [0.2, 0.25) is 0 Å². The predicted molar refractivity (Wildman–Crippen MR) is 52.1 cm³/mol. The molecule has 1 fully saturated rings. The summed E-state index contributed by atoms with van der Waals surface area (Å²) in [4.78, 5) is 0. The zero-order valence-corrected chi connectivity index (χ0v) is 8.31. The van der Waals surface area contributed by atoms with Crippen LogP contribution in [0.25, 0.3) is 0 Å². The number of allylic oxidation sites excluding steroid dienone is 1. The standard InChI is InChI=1S/C11H20O/c1-4-11(2)7-5-10(6-8-11)9-12-3/h4,10H,1,5-9H2,2-3H3. The SMILES string of the molecule is C=CC1(C)CCC(COC)CC1. The number of methoxy groups -OCH3 is 1. The molecule has 0 unspecified atom stereocenters. The van der Waals surface area contributed by atoms with E-state index in [4.69, 9.17) is 4.74 Å². The number of ether oxygens (including phenoxy) is 1. The monoisotopic (exact) mass is 168 g/mol. The molecular weight excluding hydrogens is 148 g/mol. The summed E-state index contributed by atoms with van der Waals surface area (Å²) in [5.41, 5.74) is 0.407. The Bertz CT molecular complexity index is 143. The van der Waals surface area contributed by atoms with Crippen molar-refractivity contribution in [1.82, 2.24) is 0 Å². The third kappa shape index (κ3) is 2.34. The average molecular weight is 168 g/mol. The molecule has 0 aromatic rings. The number of hydrogen-bond acceptors (Lipinski definition) is 1. The van der Waals surface area contributed by atoms with Crippen molar-refractivity contribution in [2.45, 2.75) is 32.6 Å². The highest BCUT2D eigenvalue weighted by Gasteiger charge is 2.27. The second-order valence-electron chi connectivity index (χ2n) is 4.26. The third-order valence-electron chi connectivity index (χ3n) is 3.14. The molecule has 1 heteroatoms. The zero-order chi connectivity index (χ0) is 9.03. The van der Waals surface area contributed by atoms with Gasteiger partial charge in [-0.25, -0.2) is 0 Å². The lowest BCUT2D eigenvalue weighted by Gasteiger charge is -2.34. The van der Waals surface area contributed by atoms with Crippen LogP contribution in [0.1, 0.15) is 32.6 Å². The van der Waals surface area contributed by atoms with E-state index in [0.29, 0.717) is 5.41 Å². The fourth-order valence-corrected chi connectivity index (χ4v) is 1.94. The highest BCUT2D eigenvalue weighted by molar-refractivity contribution is 4.94. The summed E-state index contributed by atoms with van der Waals surface area (Å²) >= 11 is 0. The Morgan fingerprint density at radius 1 is 1.50 bits per heavy atom. The summed E-state index contributed by atoms with van der Waals surface area (Å²) in [6, 6.07) is 0. The molecule has 1 aliphatic rings. The van der Waals surface area contributed by atoms with Gasteiger partial charge in [-0.05, 0) is 37.0 Å². The van der Waals surface area contributed by atoms with E-state index < -0.39 is 0 Å². The van der Waals surface area contributed by atoms with Gasteiger partial charge in [0.05, 0.1) is 0 Å². The molecule has 1 saturated carbocycles. The van der Waals surface area contributed by atoms with Crippen LogP contribution < -0.4 is 0 Å². The van der Waals surface area contributed by atoms with Crippen molar-refractivity contribution in [2.75, 3.05) is 13.7 Å². The average Bonchev–Trinajstić information content (AvgIpc) is 2.10. The third-order valence-corrected chi connectivity index (χ3v) is 3.14. The van der Waals surface area contributed by atoms with E-state index in [1.54, 1.807) is 7.11 Å². The maximum absolute atomic E-state index is 5.16. The molecule has 1 aliphatic carbocycles. The molecule has 1 rings (SSSR count). The molecule has 0 spiro atoms. The summed E-state index contributed by atoms with van der Waals surface area (Å²) in [5, 5.41) is 0. The lowest BCUT2D eigenvalue weighted by Crippen LogP contribution is -2.24. The number of hydrogen-bond donors (Lipinski definition) is 0. The van der Waals surface area contributed by atoms with Crippen LogP contribution in [0.4, 0.5) is 0 Å². The van der Waals surface area contributed by atoms with E-state index in [1.165, 1.54) is 25.7 Å². The lowest BCUT2D eigenvalue weighted by molar-refractivity contribution is 0.107. The molecule has 0 heterocycles. The van der Waals surface area contributed by atoms with Crippen LogP contribution in [0, 0.1) is 11.3 Å². The Morgan fingerprint density at radius 3 is 2.50 bits per heavy atom. The van der Waals surface area contributed by atoms with Gasteiger partial charge >= 0.3 is 0 Å². The van der Waals surface area contributed by atoms with Gasteiger partial charge in [0.1, 0.15) is 0 Å². The minimum absolute atomic E-state index is 0.407. The molecule has 0 aliphatic heterocycles. The molecule has 0 N–H and O–H groups in total. The summed E-state index contributed by atoms with van der Waals surface area (Å²) in [6.07, 6.45) is 7.29. The van der Waals surface area contributed by atoms with Crippen molar-refractivity contribution in [3.63, 3.8) is 0 Å². The Kier molecular flexibility index (Phi) is 3.33. The number of rotatable bonds is 3. The van der Waals surface area contributed by atoms with Gasteiger partial charge < -0.3 is 4.74 Å². The van der Waals surface area contributed by atoms with Gasteiger partial charge in [0.15, 0.2) is 0 Å². The van der Waals surface area contributed by atoms with Crippen LogP contribution in [0.2, 0.25) is 0 Å². The van der Waals surface area contributed by atoms with Gasteiger partial charge in [-0.1, -0.05) is 13.0 Å². The van der Waals surface area contributed by atoms with Crippen LogP contribution in [0.3, 0.4) is 0 Å². The fourth-order valence-electron chi connectivity index (χ4n) is 1.94. The Labute approximate surface area is 75.8 Å². The smallest absolute Gasteiger partial charge is 0.0490 e.